The van der Waals surface area contributed by atoms with Crippen molar-refractivity contribution in [2.24, 2.45) is 0 Å². The van der Waals surface area contributed by atoms with Crippen molar-refractivity contribution in [3.8, 4) is 0 Å². The van der Waals surface area contributed by atoms with Gasteiger partial charge in [-0.05, 0) is 49.3 Å². The highest BCUT2D eigenvalue weighted by Gasteiger charge is 2.29. The first-order chi connectivity index (χ1) is 10.2. The van der Waals surface area contributed by atoms with Crippen molar-refractivity contribution >= 4 is 0 Å². The summed E-state index contributed by atoms with van der Waals surface area (Å²) in [7, 11) is 0. The lowest BCUT2D eigenvalue weighted by molar-refractivity contribution is -0.0814. The Morgan fingerprint density at radius 2 is 1.77 bits per heavy atom. The molecule has 0 radical (unpaired) electrons. The normalized spacial score (nSPS) is 25.2. The lowest BCUT2D eigenvalue weighted by Gasteiger charge is -2.40. The number of hydrogen-bond acceptors (Lipinski definition) is 2. The minimum Gasteiger partial charge on any atom is -0.373 e. The Labute approximate surface area is 136 Å². The minimum absolute atomic E-state index is 0.215. The van der Waals surface area contributed by atoms with Crippen LogP contribution in [0.2, 0.25) is 0 Å². The van der Waals surface area contributed by atoms with E-state index < -0.39 is 0 Å². The zero-order valence-corrected chi connectivity index (χ0v) is 15.4. The Kier molecular flexibility index (Phi) is 5.34. The smallest absolute Gasteiger partial charge is 0.0678 e. The molecule has 1 aliphatic rings. The van der Waals surface area contributed by atoms with E-state index >= 15 is 0 Å². The van der Waals surface area contributed by atoms with Gasteiger partial charge >= 0.3 is 0 Å². The highest BCUT2D eigenvalue weighted by Crippen LogP contribution is 2.32. The highest BCUT2D eigenvalue weighted by molar-refractivity contribution is 5.36. The van der Waals surface area contributed by atoms with Gasteiger partial charge in [-0.3, -0.25) is 4.90 Å². The molecule has 1 saturated heterocycles. The van der Waals surface area contributed by atoms with Crippen LogP contribution in [0.25, 0.3) is 0 Å². The van der Waals surface area contributed by atoms with E-state index in [0.29, 0.717) is 18.2 Å². The Hall–Kier alpha value is -0.860. The first-order valence-electron chi connectivity index (χ1n) is 8.73. The van der Waals surface area contributed by atoms with Crippen LogP contribution in [0, 0.1) is 6.92 Å². The van der Waals surface area contributed by atoms with Gasteiger partial charge in [0.2, 0.25) is 0 Å². The average Bonchev–Trinajstić information content (AvgIpc) is 2.39. The molecule has 0 bridgehead atoms. The molecule has 1 heterocycles. The molecule has 0 aliphatic carbocycles. The van der Waals surface area contributed by atoms with Gasteiger partial charge in [-0.25, -0.2) is 0 Å². The van der Waals surface area contributed by atoms with E-state index in [9.17, 15) is 0 Å². The largest absolute Gasteiger partial charge is 0.373 e. The van der Waals surface area contributed by atoms with Crippen LogP contribution >= 0.6 is 0 Å². The number of morpholine rings is 1. The molecular weight excluding hydrogens is 270 g/mol. The van der Waals surface area contributed by atoms with Crippen molar-refractivity contribution in [2.75, 3.05) is 13.1 Å². The number of nitrogens with zero attached hydrogens (tertiary/aromatic N) is 1. The third-order valence-electron chi connectivity index (χ3n) is 4.77. The second kappa shape index (κ2) is 6.72. The molecule has 1 fully saturated rings. The van der Waals surface area contributed by atoms with Gasteiger partial charge in [0.1, 0.15) is 0 Å². The molecule has 2 heteroatoms. The van der Waals surface area contributed by atoms with Crippen LogP contribution in [0.15, 0.2) is 18.2 Å². The number of rotatable bonds is 3. The zero-order chi connectivity index (χ0) is 16.5. The fraction of sp³-hybridized carbons (Fsp3) is 0.700. The lowest BCUT2D eigenvalue weighted by Crippen LogP contribution is -2.47. The molecule has 0 N–H and O–H groups in total. The van der Waals surface area contributed by atoms with E-state index in [1.165, 1.54) is 16.7 Å². The Bertz CT molecular complexity index is 493. The van der Waals surface area contributed by atoms with Gasteiger partial charge in [0.15, 0.2) is 0 Å². The average molecular weight is 303 g/mol. The maximum atomic E-state index is 5.90. The van der Waals surface area contributed by atoms with Crippen molar-refractivity contribution in [1.29, 1.82) is 0 Å². The fourth-order valence-corrected chi connectivity index (χ4v) is 3.66. The number of benzene rings is 1. The van der Waals surface area contributed by atoms with Gasteiger partial charge in [0.05, 0.1) is 12.2 Å². The van der Waals surface area contributed by atoms with E-state index in [0.717, 1.165) is 19.5 Å². The molecule has 3 unspecified atom stereocenters. The number of hydrogen-bond donors (Lipinski definition) is 0. The van der Waals surface area contributed by atoms with E-state index in [1.807, 2.05) is 0 Å². The molecular formula is C20H33NO. The predicted octanol–water partition coefficient (Wildman–Crippen LogP) is 4.85. The van der Waals surface area contributed by atoms with Crippen LogP contribution in [-0.2, 0) is 10.2 Å². The Morgan fingerprint density at radius 3 is 2.23 bits per heavy atom. The minimum atomic E-state index is 0.215. The summed E-state index contributed by atoms with van der Waals surface area (Å²) in [6, 6.07) is 7.56. The summed E-state index contributed by atoms with van der Waals surface area (Å²) in [5.41, 5.74) is 4.54. The summed E-state index contributed by atoms with van der Waals surface area (Å²) in [5.74, 6) is 0. The Balaban J connectivity index is 2.27. The molecule has 1 aliphatic heterocycles. The van der Waals surface area contributed by atoms with Gasteiger partial charge in [-0.1, -0.05) is 45.9 Å². The summed E-state index contributed by atoms with van der Waals surface area (Å²) in [6.45, 7) is 17.8. The van der Waals surface area contributed by atoms with Gasteiger partial charge in [-0.2, -0.15) is 0 Å². The Morgan fingerprint density at radius 1 is 1.18 bits per heavy atom. The third-order valence-corrected chi connectivity index (χ3v) is 4.77. The fourth-order valence-electron chi connectivity index (χ4n) is 3.66. The molecule has 0 spiro atoms. The molecule has 0 amide bonds. The van der Waals surface area contributed by atoms with Crippen LogP contribution in [-0.4, -0.2) is 30.2 Å². The molecule has 2 nitrogen and oxygen atoms in total. The van der Waals surface area contributed by atoms with Crippen molar-refractivity contribution in [3.63, 3.8) is 0 Å². The second-order valence-corrected chi connectivity index (χ2v) is 7.96. The summed E-state index contributed by atoms with van der Waals surface area (Å²) in [4.78, 5) is 2.61. The van der Waals surface area contributed by atoms with Crippen LogP contribution < -0.4 is 0 Å². The van der Waals surface area contributed by atoms with Crippen LogP contribution in [0.5, 0.6) is 0 Å². The van der Waals surface area contributed by atoms with Crippen molar-refractivity contribution < 1.29 is 4.74 Å². The van der Waals surface area contributed by atoms with Gasteiger partial charge in [0.25, 0.3) is 0 Å². The van der Waals surface area contributed by atoms with Crippen LogP contribution in [0.4, 0.5) is 0 Å². The quantitative estimate of drug-likeness (QED) is 0.791. The highest BCUT2D eigenvalue weighted by atomic mass is 16.5. The molecule has 1 aromatic carbocycles. The standard InChI is InChI=1S/C20H33NO/c1-8-19(21-12-15(3)22-16(4)13-21)18-10-9-17(11-14(18)2)20(5,6)7/h9-11,15-16,19H,8,12-13H2,1-7H3. The first kappa shape index (κ1) is 17.5. The van der Waals surface area contributed by atoms with Crippen molar-refractivity contribution in [2.45, 2.75) is 78.6 Å². The monoisotopic (exact) mass is 303 g/mol. The molecule has 22 heavy (non-hydrogen) atoms. The molecule has 3 atom stereocenters. The van der Waals surface area contributed by atoms with Gasteiger partial charge < -0.3 is 4.74 Å². The van der Waals surface area contributed by atoms with Gasteiger partial charge in [-0.15, -0.1) is 0 Å². The first-order valence-corrected chi connectivity index (χ1v) is 8.73. The summed E-state index contributed by atoms with van der Waals surface area (Å²) < 4.78 is 5.90. The van der Waals surface area contributed by atoms with E-state index in [-0.39, 0.29) is 5.41 Å². The SMILES string of the molecule is CCC(c1ccc(C(C)(C)C)cc1C)N1CC(C)OC(C)C1. The lowest BCUT2D eigenvalue weighted by atomic mass is 9.84. The zero-order valence-electron chi connectivity index (χ0n) is 15.4. The second-order valence-electron chi connectivity index (χ2n) is 7.96. The summed E-state index contributed by atoms with van der Waals surface area (Å²) >= 11 is 0. The predicted molar refractivity (Wildman–Crippen MR) is 94.5 cm³/mol. The topological polar surface area (TPSA) is 12.5 Å². The molecule has 0 saturated carbocycles. The number of aryl methyl sites for hydroxylation is 1. The molecule has 0 aromatic heterocycles. The maximum absolute atomic E-state index is 5.90. The molecule has 1 aromatic rings. The van der Waals surface area contributed by atoms with Crippen LogP contribution in [0.1, 0.15) is 70.7 Å². The third kappa shape index (κ3) is 3.91. The van der Waals surface area contributed by atoms with E-state index in [4.69, 9.17) is 4.74 Å². The van der Waals surface area contributed by atoms with Crippen molar-refractivity contribution in [3.05, 3.63) is 34.9 Å². The molecule has 2 rings (SSSR count). The summed E-state index contributed by atoms with van der Waals surface area (Å²) in [5, 5.41) is 0. The van der Waals surface area contributed by atoms with E-state index in [2.05, 4.69) is 71.6 Å². The van der Waals surface area contributed by atoms with E-state index in [1.54, 1.807) is 0 Å². The van der Waals surface area contributed by atoms with Gasteiger partial charge in [0, 0.05) is 19.1 Å². The summed E-state index contributed by atoms with van der Waals surface area (Å²) in [6.07, 6.45) is 1.80. The number of ether oxygens (including phenoxy) is 1. The van der Waals surface area contributed by atoms with Crippen LogP contribution in [0.3, 0.4) is 0 Å². The van der Waals surface area contributed by atoms with Crippen molar-refractivity contribution in [1.82, 2.24) is 4.90 Å². The maximum Gasteiger partial charge on any atom is 0.0678 e. The molecule has 124 valence electrons.